The molecule has 7 heteroatoms. The predicted molar refractivity (Wildman–Crippen MR) is 94.9 cm³/mol. The van der Waals surface area contributed by atoms with Crippen LogP contribution in [-0.4, -0.2) is 17.8 Å². The van der Waals surface area contributed by atoms with E-state index in [4.69, 9.17) is 4.42 Å². The standard InChI is InChI=1S/C18H15N3O3S/c1-13-7-9-14(10-8-13)25(22,23)20-18-17(15-5-4-12-24-15)19-16-6-2-3-11-21(16)18/h2-12,20H,1H3. The first-order chi connectivity index (χ1) is 12.0. The minimum absolute atomic E-state index is 0.189. The van der Waals surface area contributed by atoms with Crippen molar-refractivity contribution in [1.29, 1.82) is 0 Å². The Bertz CT molecular complexity index is 1130. The Morgan fingerprint density at radius 1 is 1.04 bits per heavy atom. The summed E-state index contributed by atoms with van der Waals surface area (Å²) in [5, 5.41) is 0. The summed E-state index contributed by atoms with van der Waals surface area (Å²) in [6, 6.07) is 15.6. The number of aromatic nitrogens is 2. The van der Waals surface area contributed by atoms with Crippen LogP contribution in [0.3, 0.4) is 0 Å². The van der Waals surface area contributed by atoms with Gasteiger partial charge in [0.25, 0.3) is 10.0 Å². The molecule has 0 unspecified atom stereocenters. The van der Waals surface area contributed by atoms with E-state index in [-0.39, 0.29) is 4.90 Å². The molecule has 0 spiro atoms. The van der Waals surface area contributed by atoms with E-state index in [0.29, 0.717) is 22.9 Å². The van der Waals surface area contributed by atoms with E-state index >= 15 is 0 Å². The van der Waals surface area contributed by atoms with Crippen LogP contribution in [0, 0.1) is 6.92 Å². The molecule has 3 aromatic heterocycles. The molecule has 4 aromatic rings. The third-order valence-corrected chi connectivity index (χ3v) is 5.20. The van der Waals surface area contributed by atoms with Crippen LogP contribution in [0.1, 0.15) is 5.56 Å². The molecular formula is C18H15N3O3S. The number of nitrogens with zero attached hydrogens (tertiary/aromatic N) is 2. The van der Waals surface area contributed by atoms with Gasteiger partial charge in [-0.1, -0.05) is 23.8 Å². The molecule has 25 heavy (non-hydrogen) atoms. The number of hydrogen-bond acceptors (Lipinski definition) is 4. The molecule has 0 saturated heterocycles. The maximum atomic E-state index is 12.8. The van der Waals surface area contributed by atoms with Gasteiger partial charge in [-0.25, -0.2) is 13.4 Å². The van der Waals surface area contributed by atoms with Crippen molar-refractivity contribution in [2.75, 3.05) is 4.72 Å². The average molecular weight is 353 g/mol. The highest BCUT2D eigenvalue weighted by Gasteiger charge is 2.22. The molecule has 0 atom stereocenters. The zero-order valence-corrected chi connectivity index (χ0v) is 14.2. The monoisotopic (exact) mass is 353 g/mol. The molecule has 0 saturated carbocycles. The molecule has 0 aliphatic rings. The number of fused-ring (bicyclic) bond motifs is 1. The number of hydrogen-bond donors (Lipinski definition) is 1. The second-order valence-electron chi connectivity index (χ2n) is 5.63. The lowest BCUT2D eigenvalue weighted by molar-refractivity contribution is 0.580. The van der Waals surface area contributed by atoms with Gasteiger partial charge in [0.15, 0.2) is 11.6 Å². The van der Waals surface area contributed by atoms with Gasteiger partial charge in [0.05, 0.1) is 11.2 Å². The fraction of sp³-hybridized carbons (Fsp3) is 0.0556. The first kappa shape index (κ1) is 15.5. The Hall–Kier alpha value is -3.06. The highest BCUT2D eigenvalue weighted by atomic mass is 32.2. The topological polar surface area (TPSA) is 76.6 Å². The van der Waals surface area contributed by atoms with Crippen LogP contribution in [-0.2, 0) is 10.0 Å². The smallest absolute Gasteiger partial charge is 0.263 e. The summed E-state index contributed by atoms with van der Waals surface area (Å²) in [4.78, 5) is 4.68. The molecule has 0 bridgehead atoms. The highest BCUT2D eigenvalue weighted by Crippen LogP contribution is 2.30. The van der Waals surface area contributed by atoms with Crippen LogP contribution in [0.25, 0.3) is 17.1 Å². The van der Waals surface area contributed by atoms with E-state index in [0.717, 1.165) is 5.56 Å². The zero-order valence-electron chi connectivity index (χ0n) is 13.4. The van der Waals surface area contributed by atoms with Crippen molar-refractivity contribution in [3.63, 3.8) is 0 Å². The minimum atomic E-state index is -3.76. The van der Waals surface area contributed by atoms with E-state index in [1.165, 1.54) is 6.26 Å². The minimum Gasteiger partial charge on any atom is -0.463 e. The third kappa shape index (κ3) is 2.78. The van der Waals surface area contributed by atoms with Crippen LogP contribution in [0.2, 0.25) is 0 Å². The van der Waals surface area contributed by atoms with Crippen LogP contribution >= 0.6 is 0 Å². The van der Waals surface area contributed by atoms with E-state index in [1.54, 1.807) is 53.1 Å². The first-order valence-corrected chi connectivity index (χ1v) is 9.13. The van der Waals surface area contributed by atoms with E-state index in [1.807, 2.05) is 19.1 Å². The summed E-state index contributed by atoms with van der Waals surface area (Å²) in [7, 11) is -3.76. The van der Waals surface area contributed by atoms with Gasteiger partial charge in [-0.15, -0.1) is 0 Å². The van der Waals surface area contributed by atoms with Gasteiger partial charge in [0, 0.05) is 6.20 Å². The number of pyridine rings is 1. The summed E-state index contributed by atoms with van der Waals surface area (Å²) in [5.41, 5.74) is 2.05. The number of rotatable bonds is 4. The molecule has 0 aliphatic carbocycles. The van der Waals surface area contributed by atoms with Gasteiger partial charge in [-0.3, -0.25) is 9.12 Å². The van der Waals surface area contributed by atoms with Crippen molar-refractivity contribution in [3.05, 3.63) is 72.6 Å². The number of aryl methyl sites for hydroxylation is 1. The molecule has 1 aromatic carbocycles. The van der Waals surface area contributed by atoms with Gasteiger partial charge in [0.1, 0.15) is 11.3 Å². The van der Waals surface area contributed by atoms with Gasteiger partial charge >= 0.3 is 0 Å². The molecule has 1 N–H and O–H groups in total. The maximum absolute atomic E-state index is 12.8. The first-order valence-electron chi connectivity index (χ1n) is 7.65. The number of nitrogens with one attached hydrogen (secondary N) is 1. The molecule has 4 rings (SSSR count). The van der Waals surface area contributed by atoms with Crippen LogP contribution in [0.5, 0.6) is 0 Å². The van der Waals surface area contributed by atoms with Crippen molar-refractivity contribution < 1.29 is 12.8 Å². The Morgan fingerprint density at radius 2 is 1.84 bits per heavy atom. The predicted octanol–water partition coefficient (Wildman–Crippen LogP) is 3.70. The highest BCUT2D eigenvalue weighted by molar-refractivity contribution is 7.92. The second-order valence-corrected chi connectivity index (χ2v) is 7.32. The van der Waals surface area contributed by atoms with Gasteiger partial charge < -0.3 is 4.42 Å². The molecule has 6 nitrogen and oxygen atoms in total. The van der Waals surface area contributed by atoms with Crippen molar-refractivity contribution >= 4 is 21.5 Å². The van der Waals surface area contributed by atoms with Crippen LogP contribution in [0.15, 0.2) is 76.4 Å². The summed E-state index contributed by atoms with van der Waals surface area (Å²) >= 11 is 0. The van der Waals surface area contributed by atoms with Crippen molar-refractivity contribution in [2.45, 2.75) is 11.8 Å². The Kier molecular flexibility index (Phi) is 3.58. The van der Waals surface area contributed by atoms with Crippen molar-refractivity contribution in [1.82, 2.24) is 9.38 Å². The fourth-order valence-electron chi connectivity index (χ4n) is 2.58. The summed E-state index contributed by atoms with van der Waals surface area (Å²) < 4.78 is 35.3. The molecule has 0 amide bonds. The molecule has 126 valence electrons. The molecule has 0 radical (unpaired) electrons. The molecule has 0 fully saturated rings. The van der Waals surface area contributed by atoms with Gasteiger partial charge in [-0.05, 0) is 43.3 Å². The largest absolute Gasteiger partial charge is 0.463 e. The van der Waals surface area contributed by atoms with Crippen molar-refractivity contribution in [3.8, 4) is 11.5 Å². The lowest BCUT2D eigenvalue weighted by Gasteiger charge is -2.09. The summed E-state index contributed by atoms with van der Waals surface area (Å²) in [5.74, 6) is 0.830. The lowest BCUT2D eigenvalue weighted by atomic mass is 10.2. The lowest BCUT2D eigenvalue weighted by Crippen LogP contribution is -2.14. The summed E-state index contributed by atoms with van der Waals surface area (Å²) in [6.45, 7) is 1.91. The van der Waals surface area contributed by atoms with E-state index in [9.17, 15) is 8.42 Å². The number of sulfonamides is 1. The Labute approximate surface area is 144 Å². The Morgan fingerprint density at radius 3 is 2.56 bits per heavy atom. The SMILES string of the molecule is Cc1ccc(S(=O)(=O)Nc2c(-c3ccco3)nc3ccccn23)cc1. The summed E-state index contributed by atoms with van der Waals surface area (Å²) in [6.07, 6.45) is 3.28. The zero-order chi connectivity index (χ0) is 17.4. The number of furan rings is 1. The van der Waals surface area contributed by atoms with Crippen molar-refractivity contribution in [2.24, 2.45) is 0 Å². The molecule has 0 aliphatic heterocycles. The fourth-order valence-corrected chi connectivity index (χ4v) is 3.64. The maximum Gasteiger partial charge on any atom is 0.263 e. The number of imidazole rings is 1. The van der Waals surface area contributed by atoms with E-state index < -0.39 is 10.0 Å². The molecular weight excluding hydrogens is 338 g/mol. The van der Waals surface area contributed by atoms with Crippen LogP contribution < -0.4 is 4.72 Å². The van der Waals surface area contributed by atoms with Crippen LogP contribution in [0.4, 0.5) is 5.82 Å². The van der Waals surface area contributed by atoms with Gasteiger partial charge in [-0.2, -0.15) is 0 Å². The molecule has 3 heterocycles. The van der Waals surface area contributed by atoms with Gasteiger partial charge in [0.2, 0.25) is 0 Å². The normalized spacial score (nSPS) is 11.7. The van der Waals surface area contributed by atoms with E-state index in [2.05, 4.69) is 9.71 Å². The average Bonchev–Trinajstić information content (AvgIpc) is 3.23. The third-order valence-electron chi connectivity index (χ3n) is 3.85. The number of benzene rings is 1. The second kappa shape index (κ2) is 5.78. The number of anilines is 1. The quantitative estimate of drug-likeness (QED) is 0.607. The Balaban J connectivity index is 1.86.